The lowest BCUT2D eigenvalue weighted by Crippen LogP contribution is -2.42. The van der Waals surface area contributed by atoms with Crippen molar-refractivity contribution in [1.29, 1.82) is 0 Å². The third-order valence-electron chi connectivity index (χ3n) is 4.91. The minimum Gasteiger partial charge on any atom is -0.369 e. The normalized spacial score (nSPS) is 26.7. The van der Waals surface area contributed by atoms with Gasteiger partial charge in [0.2, 0.25) is 11.8 Å². The number of halogens is 1. The molecule has 5 heteroatoms. The van der Waals surface area contributed by atoms with Gasteiger partial charge in [-0.2, -0.15) is 0 Å². The summed E-state index contributed by atoms with van der Waals surface area (Å²) >= 11 is 3.42. The summed E-state index contributed by atoms with van der Waals surface area (Å²) in [5.41, 5.74) is 5.59. The lowest BCUT2D eigenvalue weighted by atomic mass is 9.89. The summed E-state index contributed by atoms with van der Waals surface area (Å²) in [4.78, 5) is 26.2. The summed E-state index contributed by atoms with van der Waals surface area (Å²) in [5.74, 6) is -0.166. The predicted molar refractivity (Wildman–Crippen MR) is 83.6 cm³/mol. The lowest BCUT2D eigenvalue weighted by molar-refractivity contribution is -0.134. The van der Waals surface area contributed by atoms with E-state index in [4.69, 9.17) is 5.73 Å². The molecule has 1 aliphatic heterocycles. The highest BCUT2D eigenvalue weighted by atomic mass is 79.9. The second-order valence-electron chi connectivity index (χ2n) is 6.49. The third kappa shape index (κ3) is 2.37. The first kappa shape index (κ1) is 14.6. The van der Waals surface area contributed by atoms with E-state index in [0.717, 1.165) is 22.9 Å². The van der Waals surface area contributed by atoms with E-state index in [1.165, 1.54) is 0 Å². The minimum absolute atomic E-state index is 0.148. The summed E-state index contributed by atoms with van der Waals surface area (Å²) in [6.07, 6.45) is 2.43. The van der Waals surface area contributed by atoms with Crippen molar-refractivity contribution in [2.45, 2.75) is 31.6 Å². The van der Waals surface area contributed by atoms with E-state index >= 15 is 0 Å². The van der Waals surface area contributed by atoms with Gasteiger partial charge >= 0.3 is 0 Å². The van der Waals surface area contributed by atoms with E-state index in [0.29, 0.717) is 19.5 Å². The Labute approximate surface area is 132 Å². The lowest BCUT2D eigenvalue weighted by Gasteiger charge is -2.25. The van der Waals surface area contributed by atoms with Crippen LogP contribution in [0.15, 0.2) is 28.7 Å². The van der Waals surface area contributed by atoms with E-state index < -0.39 is 5.41 Å². The molecule has 2 N–H and O–H groups in total. The van der Waals surface area contributed by atoms with Gasteiger partial charge in [0.25, 0.3) is 0 Å². The molecule has 1 heterocycles. The Bertz CT molecular complexity index is 595. The van der Waals surface area contributed by atoms with Gasteiger partial charge in [-0.3, -0.25) is 9.59 Å². The molecule has 1 aromatic carbocycles. The van der Waals surface area contributed by atoms with Crippen molar-refractivity contribution in [2.24, 2.45) is 11.1 Å². The van der Waals surface area contributed by atoms with Crippen molar-refractivity contribution in [2.75, 3.05) is 13.1 Å². The molecule has 21 heavy (non-hydrogen) atoms. The Balaban J connectivity index is 1.80. The van der Waals surface area contributed by atoms with E-state index in [2.05, 4.69) is 15.9 Å². The molecule has 0 aromatic heterocycles. The summed E-state index contributed by atoms with van der Waals surface area (Å²) in [6.45, 7) is 2.91. The van der Waals surface area contributed by atoms with Crippen LogP contribution in [0.2, 0.25) is 0 Å². The summed E-state index contributed by atoms with van der Waals surface area (Å²) in [7, 11) is 0. The number of amides is 2. The summed E-state index contributed by atoms with van der Waals surface area (Å²) < 4.78 is 1.01. The average Bonchev–Trinajstić information content (AvgIpc) is 3.16. The number of likely N-dealkylation sites (tertiary alicyclic amines) is 1. The number of nitrogens with two attached hydrogens (primary N) is 1. The fourth-order valence-electron chi connectivity index (χ4n) is 3.16. The number of hydrogen-bond acceptors (Lipinski definition) is 2. The molecule has 1 saturated carbocycles. The van der Waals surface area contributed by atoms with E-state index in [1.54, 1.807) is 0 Å². The van der Waals surface area contributed by atoms with Gasteiger partial charge in [-0.1, -0.05) is 28.1 Å². The molecule has 1 saturated heterocycles. The Morgan fingerprint density at radius 1 is 1.19 bits per heavy atom. The molecule has 4 nitrogen and oxygen atoms in total. The van der Waals surface area contributed by atoms with Crippen molar-refractivity contribution < 1.29 is 9.59 Å². The maximum atomic E-state index is 12.9. The highest BCUT2D eigenvalue weighted by Crippen LogP contribution is 2.50. The Morgan fingerprint density at radius 2 is 1.81 bits per heavy atom. The van der Waals surface area contributed by atoms with Gasteiger partial charge in [0.05, 0.1) is 10.8 Å². The Kier molecular flexibility index (Phi) is 3.35. The van der Waals surface area contributed by atoms with Gasteiger partial charge in [-0.25, -0.2) is 0 Å². The molecule has 1 aromatic rings. The molecule has 2 fully saturated rings. The van der Waals surface area contributed by atoms with Crippen LogP contribution in [0.25, 0.3) is 0 Å². The van der Waals surface area contributed by atoms with E-state index in [1.807, 2.05) is 36.1 Å². The zero-order chi connectivity index (χ0) is 15.3. The quantitative estimate of drug-likeness (QED) is 0.908. The number of primary amides is 1. The first-order valence-electron chi connectivity index (χ1n) is 7.23. The fraction of sp³-hybridized carbons (Fsp3) is 0.500. The van der Waals surface area contributed by atoms with Gasteiger partial charge in [0.1, 0.15) is 0 Å². The van der Waals surface area contributed by atoms with Crippen LogP contribution in [0.4, 0.5) is 0 Å². The van der Waals surface area contributed by atoms with Crippen LogP contribution in [0, 0.1) is 5.41 Å². The topological polar surface area (TPSA) is 63.4 Å². The van der Waals surface area contributed by atoms with Gasteiger partial charge in [-0.15, -0.1) is 0 Å². The first-order chi connectivity index (χ1) is 9.87. The molecule has 2 aliphatic rings. The predicted octanol–water partition coefficient (Wildman–Crippen LogP) is 2.20. The van der Waals surface area contributed by atoms with Crippen LogP contribution in [0.5, 0.6) is 0 Å². The van der Waals surface area contributed by atoms with Gasteiger partial charge in [0.15, 0.2) is 0 Å². The zero-order valence-corrected chi connectivity index (χ0v) is 13.6. The average molecular weight is 351 g/mol. The SMILES string of the molecule is C[C@]1(C(N)=O)CCN(C(=O)C2(c3ccc(Br)cc3)CC2)C1. The largest absolute Gasteiger partial charge is 0.369 e. The molecule has 0 radical (unpaired) electrons. The fourth-order valence-corrected chi connectivity index (χ4v) is 3.42. The molecule has 3 rings (SSSR count). The van der Waals surface area contributed by atoms with Crippen molar-refractivity contribution >= 4 is 27.7 Å². The monoisotopic (exact) mass is 350 g/mol. The maximum absolute atomic E-state index is 12.9. The van der Waals surface area contributed by atoms with Crippen molar-refractivity contribution in [3.05, 3.63) is 34.3 Å². The minimum atomic E-state index is -0.578. The number of rotatable bonds is 3. The van der Waals surface area contributed by atoms with Crippen LogP contribution in [-0.2, 0) is 15.0 Å². The molecule has 0 bridgehead atoms. The number of hydrogen-bond donors (Lipinski definition) is 1. The van der Waals surface area contributed by atoms with Crippen LogP contribution >= 0.6 is 15.9 Å². The summed E-state index contributed by atoms with van der Waals surface area (Å²) in [6, 6.07) is 7.97. The smallest absolute Gasteiger partial charge is 0.233 e. The standard InChI is InChI=1S/C16H19BrN2O2/c1-15(13(18)20)8-9-19(10-15)14(21)16(6-7-16)11-2-4-12(17)5-3-11/h2-5H,6-10H2,1H3,(H2,18,20)/t15-/m0/s1. The third-order valence-corrected chi connectivity index (χ3v) is 5.44. The van der Waals surface area contributed by atoms with E-state index in [9.17, 15) is 9.59 Å². The highest BCUT2D eigenvalue weighted by molar-refractivity contribution is 9.10. The molecular formula is C16H19BrN2O2. The molecular weight excluding hydrogens is 332 g/mol. The Morgan fingerprint density at radius 3 is 2.29 bits per heavy atom. The summed E-state index contributed by atoms with van der Waals surface area (Å²) in [5, 5.41) is 0. The van der Waals surface area contributed by atoms with Crippen LogP contribution in [0.1, 0.15) is 31.7 Å². The van der Waals surface area contributed by atoms with E-state index in [-0.39, 0.29) is 17.2 Å². The van der Waals surface area contributed by atoms with Crippen LogP contribution in [-0.4, -0.2) is 29.8 Å². The van der Waals surface area contributed by atoms with Crippen molar-refractivity contribution in [3.63, 3.8) is 0 Å². The van der Waals surface area contributed by atoms with Crippen molar-refractivity contribution in [3.8, 4) is 0 Å². The van der Waals surface area contributed by atoms with Crippen LogP contribution < -0.4 is 5.73 Å². The molecule has 112 valence electrons. The molecule has 0 unspecified atom stereocenters. The molecule has 1 aliphatic carbocycles. The molecule has 0 spiro atoms. The number of carbonyl (C=O) groups is 2. The Hall–Kier alpha value is -1.36. The number of nitrogens with zero attached hydrogens (tertiary/aromatic N) is 1. The second-order valence-corrected chi connectivity index (χ2v) is 7.41. The zero-order valence-electron chi connectivity index (χ0n) is 12.1. The molecule has 1 atom stereocenters. The van der Waals surface area contributed by atoms with Crippen LogP contribution in [0.3, 0.4) is 0 Å². The van der Waals surface area contributed by atoms with Crippen molar-refractivity contribution in [1.82, 2.24) is 4.90 Å². The first-order valence-corrected chi connectivity index (χ1v) is 8.02. The highest BCUT2D eigenvalue weighted by Gasteiger charge is 2.55. The number of carbonyl (C=O) groups excluding carboxylic acids is 2. The van der Waals surface area contributed by atoms with Gasteiger partial charge < -0.3 is 10.6 Å². The number of benzene rings is 1. The molecule has 2 amide bonds. The maximum Gasteiger partial charge on any atom is 0.233 e. The second kappa shape index (κ2) is 4.83. The van der Waals surface area contributed by atoms with Gasteiger partial charge in [-0.05, 0) is 43.9 Å². The van der Waals surface area contributed by atoms with Gasteiger partial charge in [0, 0.05) is 17.6 Å².